The number of alkyl carbamates (subject to hydrolysis) is 1. The van der Waals surface area contributed by atoms with E-state index in [0.29, 0.717) is 6.54 Å². The highest BCUT2D eigenvalue weighted by atomic mass is 16.5. The van der Waals surface area contributed by atoms with Crippen LogP contribution in [0.4, 0.5) is 4.79 Å². The Hall–Kier alpha value is -0.810. The van der Waals surface area contributed by atoms with Crippen LogP contribution in [-0.2, 0) is 9.47 Å². The molecule has 1 aliphatic heterocycles. The fraction of sp³-hybridized carbons (Fsp3) is 0.889. The maximum atomic E-state index is 10.8. The van der Waals surface area contributed by atoms with Crippen molar-refractivity contribution in [2.24, 2.45) is 0 Å². The topological polar surface area (TPSA) is 50.8 Å². The quantitative estimate of drug-likeness (QED) is 0.703. The van der Waals surface area contributed by atoms with Crippen molar-refractivity contribution in [2.75, 3.05) is 39.9 Å². The van der Waals surface area contributed by atoms with Crippen molar-refractivity contribution in [3.63, 3.8) is 0 Å². The van der Waals surface area contributed by atoms with Gasteiger partial charge in [-0.1, -0.05) is 6.92 Å². The van der Waals surface area contributed by atoms with Crippen molar-refractivity contribution in [1.82, 2.24) is 10.2 Å². The van der Waals surface area contributed by atoms with Crippen LogP contribution in [-0.4, -0.2) is 57.0 Å². The molecule has 1 saturated heterocycles. The number of carbonyl (C=O) groups excluding carboxylic acids is 1. The molecule has 5 heteroatoms. The predicted octanol–water partition coefficient (Wildman–Crippen LogP) is 0.0631. The highest BCUT2D eigenvalue weighted by Gasteiger charge is 2.19. The van der Waals surface area contributed by atoms with E-state index >= 15 is 0 Å². The Balaban J connectivity index is 2.20. The molecule has 1 heterocycles. The van der Waals surface area contributed by atoms with Crippen molar-refractivity contribution < 1.29 is 14.3 Å². The van der Waals surface area contributed by atoms with E-state index in [1.54, 1.807) is 0 Å². The Labute approximate surface area is 84.4 Å². The number of morpholine rings is 1. The number of likely N-dealkylation sites (N-methyl/N-ethyl adjacent to an activating group) is 1. The highest BCUT2D eigenvalue weighted by molar-refractivity contribution is 5.66. The van der Waals surface area contributed by atoms with Crippen molar-refractivity contribution in [2.45, 2.75) is 13.0 Å². The SMILES string of the molecule is CCN1CCOC(CNC(=O)OC)C1. The summed E-state index contributed by atoms with van der Waals surface area (Å²) in [5, 5.41) is 2.63. The number of nitrogens with one attached hydrogen (secondary N) is 1. The summed E-state index contributed by atoms with van der Waals surface area (Å²) < 4.78 is 9.97. The lowest BCUT2D eigenvalue weighted by molar-refractivity contribution is -0.0248. The number of hydrogen-bond donors (Lipinski definition) is 1. The summed E-state index contributed by atoms with van der Waals surface area (Å²) in [4.78, 5) is 13.1. The highest BCUT2D eigenvalue weighted by Crippen LogP contribution is 2.03. The summed E-state index contributed by atoms with van der Waals surface area (Å²) in [6.45, 7) is 6.25. The second-order valence-corrected chi connectivity index (χ2v) is 3.26. The predicted molar refractivity (Wildman–Crippen MR) is 52.3 cm³/mol. The maximum Gasteiger partial charge on any atom is 0.406 e. The van der Waals surface area contributed by atoms with Gasteiger partial charge in [0.2, 0.25) is 0 Å². The molecule has 1 aliphatic rings. The van der Waals surface area contributed by atoms with Crippen LogP contribution in [0.3, 0.4) is 0 Å². The van der Waals surface area contributed by atoms with Gasteiger partial charge in [0, 0.05) is 19.6 Å². The van der Waals surface area contributed by atoms with Crippen molar-refractivity contribution in [3.05, 3.63) is 0 Å². The number of methoxy groups -OCH3 is 1. The lowest BCUT2D eigenvalue weighted by atomic mass is 10.2. The zero-order valence-corrected chi connectivity index (χ0v) is 8.78. The number of carbonyl (C=O) groups is 1. The first-order valence-corrected chi connectivity index (χ1v) is 4.92. The largest absolute Gasteiger partial charge is 0.453 e. The van der Waals surface area contributed by atoms with Gasteiger partial charge in [0.05, 0.1) is 19.8 Å². The molecule has 1 N–H and O–H groups in total. The number of nitrogens with zero attached hydrogens (tertiary/aromatic N) is 1. The Morgan fingerprint density at radius 1 is 1.71 bits per heavy atom. The van der Waals surface area contributed by atoms with Crippen molar-refractivity contribution in [3.8, 4) is 0 Å². The lowest BCUT2D eigenvalue weighted by Crippen LogP contribution is -2.47. The van der Waals surface area contributed by atoms with Gasteiger partial charge in [0.15, 0.2) is 0 Å². The van der Waals surface area contributed by atoms with E-state index in [1.807, 2.05) is 0 Å². The number of rotatable bonds is 3. The van der Waals surface area contributed by atoms with Gasteiger partial charge < -0.3 is 14.8 Å². The molecule has 0 radical (unpaired) electrons. The third kappa shape index (κ3) is 3.51. The third-order valence-electron chi connectivity index (χ3n) is 2.33. The van der Waals surface area contributed by atoms with E-state index in [0.717, 1.165) is 26.2 Å². The van der Waals surface area contributed by atoms with E-state index in [-0.39, 0.29) is 6.10 Å². The average molecular weight is 202 g/mol. The summed E-state index contributed by atoms with van der Waals surface area (Å²) >= 11 is 0. The summed E-state index contributed by atoms with van der Waals surface area (Å²) in [6, 6.07) is 0. The van der Waals surface area contributed by atoms with Crippen LogP contribution in [0, 0.1) is 0 Å². The second kappa shape index (κ2) is 5.82. The first-order valence-electron chi connectivity index (χ1n) is 4.92. The molecule has 0 aromatic heterocycles. The van der Waals surface area contributed by atoms with Gasteiger partial charge in [-0.3, -0.25) is 4.90 Å². The Morgan fingerprint density at radius 2 is 2.50 bits per heavy atom. The molecule has 1 rings (SSSR count). The van der Waals surface area contributed by atoms with Crippen LogP contribution in [0.25, 0.3) is 0 Å². The van der Waals surface area contributed by atoms with E-state index in [1.165, 1.54) is 7.11 Å². The molecule has 0 aliphatic carbocycles. The molecule has 0 bridgehead atoms. The smallest absolute Gasteiger partial charge is 0.406 e. The van der Waals surface area contributed by atoms with Crippen LogP contribution < -0.4 is 5.32 Å². The van der Waals surface area contributed by atoms with Gasteiger partial charge in [-0.25, -0.2) is 4.79 Å². The molecule has 5 nitrogen and oxygen atoms in total. The minimum Gasteiger partial charge on any atom is -0.453 e. The van der Waals surface area contributed by atoms with Gasteiger partial charge in [0.1, 0.15) is 0 Å². The molecule has 0 saturated carbocycles. The van der Waals surface area contributed by atoms with Gasteiger partial charge >= 0.3 is 6.09 Å². The molecular weight excluding hydrogens is 184 g/mol. The molecule has 0 aromatic rings. The fourth-order valence-corrected chi connectivity index (χ4v) is 1.46. The normalized spacial score (nSPS) is 23.1. The van der Waals surface area contributed by atoms with E-state index in [9.17, 15) is 4.79 Å². The monoisotopic (exact) mass is 202 g/mol. The molecule has 14 heavy (non-hydrogen) atoms. The zero-order valence-electron chi connectivity index (χ0n) is 8.78. The standard InChI is InChI=1S/C9H18N2O3/c1-3-11-4-5-14-8(7-11)6-10-9(12)13-2/h8H,3-7H2,1-2H3,(H,10,12). The van der Waals surface area contributed by atoms with Crippen LogP contribution in [0.1, 0.15) is 6.92 Å². The van der Waals surface area contributed by atoms with Crippen LogP contribution >= 0.6 is 0 Å². The zero-order chi connectivity index (χ0) is 10.4. The second-order valence-electron chi connectivity index (χ2n) is 3.26. The number of amides is 1. The Morgan fingerprint density at radius 3 is 3.14 bits per heavy atom. The van der Waals surface area contributed by atoms with Crippen molar-refractivity contribution in [1.29, 1.82) is 0 Å². The molecule has 1 amide bonds. The van der Waals surface area contributed by atoms with Gasteiger partial charge in [-0.2, -0.15) is 0 Å². The molecular formula is C9H18N2O3. The third-order valence-corrected chi connectivity index (χ3v) is 2.33. The average Bonchev–Trinajstić information content (AvgIpc) is 2.26. The molecule has 1 fully saturated rings. The maximum absolute atomic E-state index is 10.8. The molecule has 1 atom stereocenters. The van der Waals surface area contributed by atoms with Gasteiger partial charge in [-0.15, -0.1) is 0 Å². The summed E-state index contributed by atoms with van der Waals surface area (Å²) in [5.41, 5.74) is 0. The van der Waals surface area contributed by atoms with Gasteiger partial charge in [0.25, 0.3) is 0 Å². The van der Waals surface area contributed by atoms with Crippen LogP contribution in [0.5, 0.6) is 0 Å². The van der Waals surface area contributed by atoms with E-state index in [2.05, 4.69) is 21.9 Å². The minimum absolute atomic E-state index is 0.0859. The first-order chi connectivity index (χ1) is 6.76. The van der Waals surface area contributed by atoms with Crippen molar-refractivity contribution >= 4 is 6.09 Å². The fourth-order valence-electron chi connectivity index (χ4n) is 1.46. The summed E-state index contributed by atoms with van der Waals surface area (Å²) in [7, 11) is 1.36. The first kappa shape index (κ1) is 11.3. The Bertz CT molecular complexity index is 187. The van der Waals surface area contributed by atoms with E-state index < -0.39 is 6.09 Å². The Kier molecular flexibility index (Phi) is 4.69. The minimum atomic E-state index is -0.401. The van der Waals surface area contributed by atoms with Gasteiger partial charge in [-0.05, 0) is 6.54 Å². The molecule has 0 aromatic carbocycles. The summed E-state index contributed by atoms with van der Waals surface area (Å²) in [5.74, 6) is 0. The van der Waals surface area contributed by atoms with Crippen LogP contribution in [0.2, 0.25) is 0 Å². The molecule has 0 spiro atoms. The molecule has 1 unspecified atom stereocenters. The lowest BCUT2D eigenvalue weighted by Gasteiger charge is -2.31. The van der Waals surface area contributed by atoms with Crippen LogP contribution in [0.15, 0.2) is 0 Å². The summed E-state index contributed by atoms with van der Waals surface area (Å²) in [6.07, 6.45) is -0.315. The molecule has 82 valence electrons. The van der Waals surface area contributed by atoms with E-state index in [4.69, 9.17) is 4.74 Å². The number of hydrogen-bond acceptors (Lipinski definition) is 4. The number of ether oxygens (including phenoxy) is 2.